The number of benzene rings is 1. The molecule has 0 spiro atoms. The summed E-state index contributed by atoms with van der Waals surface area (Å²) in [6.45, 7) is 0. The maximum absolute atomic E-state index is 5.82. The summed E-state index contributed by atoms with van der Waals surface area (Å²) >= 11 is 3.38. The van der Waals surface area contributed by atoms with Crippen molar-refractivity contribution in [1.82, 2.24) is 4.98 Å². The zero-order valence-corrected chi connectivity index (χ0v) is 11.6. The van der Waals surface area contributed by atoms with Crippen LogP contribution < -0.4 is 14.2 Å². The molecule has 94 valence electrons. The Labute approximate surface area is 114 Å². The van der Waals surface area contributed by atoms with E-state index in [1.807, 2.05) is 18.2 Å². The van der Waals surface area contributed by atoms with Crippen molar-refractivity contribution in [1.29, 1.82) is 0 Å². The molecule has 0 aliphatic rings. The van der Waals surface area contributed by atoms with Crippen molar-refractivity contribution in [2.45, 2.75) is 0 Å². The Hall–Kier alpha value is -1.75. The maximum Gasteiger partial charge on any atom is 0.211 e. The van der Waals surface area contributed by atoms with E-state index in [2.05, 4.69) is 20.9 Å². The average Bonchev–Trinajstić information content (AvgIpc) is 2.41. The summed E-state index contributed by atoms with van der Waals surface area (Å²) in [5.74, 6) is 2.40. The van der Waals surface area contributed by atoms with Crippen LogP contribution in [0.3, 0.4) is 0 Å². The molecule has 5 heteroatoms. The molecule has 0 aliphatic carbocycles. The van der Waals surface area contributed by atoms with Gasteiger partial charge in [0.2, 0.25) is 5.75 Å². The standard InChI is InChI=1S/C13H12BrNO3/c1-16-11-4-3-5-12(17-2)13(11)18-10-6-7-15-8-9(10)14/h3-8H,1-2H3. The van der Waals surface area contributed by atoms with Crippen LogP contribution in [-0.4, -0.2) is 19.2 Å². The number of rotatable bonds is 4. The minimum atomic E-state index is 0.536. The van der Waals surface area contributed by atoms with Gasteiger partial charge in [0.25, 0.3) is 0 Å². The number of para-hydroxylation sites is 1. The number of methoxy groups -OCH3 is 2. The number of hydrogen-bond acceptors (Lipinski definition) is 4. The van der Waals surface area contributed by atoms with Crippen molar-refractivity contribution >= 4 is 15.9 Å². The minimum Gasteiger partial charge on any atom is -0.493 e. The van der Waals surface area contributed by atoms with E-state index in [0.717, 1.165) is 4.47 Å². The Morgan fingerprint density at radius 2 is 1.67 bits per heavy atom. The number of halogens is 1. The highest BCUT2D eigenvalue weighted by Crippen LogP contribution is 2.41. The van der Waals surface area contributed by atoms with E-state index in [9.17, 15) is 0 Å². The predicted molar refractivity (Wildman–Crippen MR) is 71.6 cm³/mol. The van der Waals surface area contributed by atoms with Gasteiger partial charge >= 0.3 is 0 Å². The predicted octanol–water partition coefficient (Wildman–Crippen LogP) is 3.65. The van der Waals surface area contributed by atoms with Gasteiger partial charge in [-0.15, -0.1) is 0 Å². The number of pyridine rings is 1. The SMILES string of the molecule is COc1cccc(OC)c1Oc1ccncc1Br. The lowest BCUT2D eigenvalue weighted by Gasteiger charge is -2.14. The Balaban J connectivity index is 2.42. The van der Waals surface area contributed by atoms with Gasteiger partial charge in [0.15, 0.2) is 11.5 Å². The van der Waals surface area contributed by atoms with E-state index in [4.69, 9.17) is 14.2 Å². The van der Waals surface area contributed by atoms with Crippen LogP contribution in [0, 0.1) is 0 Å². The van der Waals surface area contributed by atoms with E-state index in [-0.39, 0.29) is 0 Å². The van der Waals surface area contributed by atoms with Crippen LogP contribution >= 0.6 is 15.9 Å². The first-order chi connectivity index (χ1) is 8.76. The van der Waals surface area contributed by atoms with Crippen LogP contribution in [0.15, 0.2) is 41.1 Å². The summed E-state index contributed by atoms with van der Waals surface area (Å²) in [5.41, 5.74) is 0. The van der Waals surface area contributed by atoms with Gasteiger partial charge in [-0.25, -0.2) is 0 Å². The molecule has 0 aliphatic heterocycles. The molecule has 1 aromatic carbocycles. The average molecular weight is 310 g/mol. The summed E-state index contributed by atoms with van der Waals surface area (Å²) in [5, 5.41) is 0. The molecule has 0 saturated heterocycles. The van der Waals surface area contributed by atoms with Crippen molar-refractivity contribution in [3.05, 3.63) is 41.1 Å². The monoisotopic (exact) mass is 309 g/mol. The topological polar surface area (TPSA) is 40.6 Å². The number of nitrogens with zero attached hydrogens (tertiary/aromatic N) is 1. The quantitative estimate of drug-likeness (QED) is 0.864. The molecular formula is C13H12BrNO3. The maximum atomic E-state index is 5.82. The van der Waals surface area contributed by atoms with Crippen LogP contribution in [0.5, 0.6) is 23.0 Å². The zero-order chi connectivity index (χ0) is 13.0. The normalized spacial score (nSPS) is 9.94. The Kier molecular flexibility index (Phi) is 4.04. The van der Waals surface area contributed by atoms with Gasteiger partial charge in [-0.2, -0.15) is 0 Å². The third-order valence-electron chi connectivity index (χ3n) is 2.33. The summed E-state index contributed by atoms with van der Waals surface area (Å²) in [6.07, 6.45) is 3.32. The Morgan fingerprint density at radius 1 is 1.00 bits per heavy atom. The van der Waals surface area contributed by atoms with Gasteiger partial charge in [0.05, 0.1) is 18.7 Å². The fourth-order valence-corrected chi connectivity index (χ4v) is 1.80. The minimum absolute atomic E-state index is 0.536. The van der Waals surface area contributed by atoms with Gasteiger partial charge < -0.3 is 14.2 Å². The zero-order valence-electron chi connectivity index (χ0n) is 10.0. The molecule has 0 N–H and O–H groups in total. The molecule has 1 heterocycles. The molecular weight excluding hydrogens is 298 g/mol. The second-order valence-electron chi connectivity index (χ2n) is 3.40. The van der Waals surface area contributed by atoms with Crippen LogP contribution in [0.25, 0.3) is 0 Å². The van der Waals surface area contributed by atoms with Gasteiger partial charge in [-0.05, 0) is 28.1 Å². The molecule has 0 fully saturated rings. The highest BCUT2D eigenvalue weighted by molar-refractivity contribution is 9.10. The van der Waals surface area contributed by atoms with Crippen LogP contribution in [0.4, 0.5) is 0 Å². The van der Waals surface area contributed by atoms with E-state index in [1.165, 1.54) is 0 Å². The third-order valence-corrected chi connectivity index (χ3v) is 2.93. The molecule has 18 heavy (non-hydrogen) atoms. The fraction of sp³-hybridized carbons (Fsp3) is 0.154. The first-order valence-corrected chi connectivity index (χ1v) is 6.04. The molecule has 0 unspecified atom stereocenters. The van der Waals surface area contributed by atoms with E-state index in [0.29, 0.717) is 23.0 Å². The third kappa shape index (κ3) is 2.56. The smallest absolute Gasteiger partial charge is 0.211 e. The fourth-order valence-electron chi connectivity index (χ4n) is 1.47. The van der Waals surface area contributed by atoms with E-state index >= 15 is 0 Å². The molecule has 0 saturated carbocycles. The lowest BCUT2D eigenvalue weighted by Crippen LogP contribution is -1.94. The molecule has 1 aromatic heterocycles. The van der Waals surface area contributed by atoms with Crippen molar-refractivity contribution < 1.29 is 14.2 Å². The largest absolute Gasteiger partial charge is 0.493 e. The molecule has 0 amide bonds. The van der Waals surface area contributed by atoms with Crippen molar-refractivity contribution in [2.24, 2.45) is 0 Å². The molecule has 0 bridgehead atoms. The second kappa shape index (κ2) is 5.73. The highest BCUT2D eigenvalue weighted by Gasteiger charge is 2.13. The van der Waals surface area contributed by atoms with Crippen molar-refractivity contribution in [2.75, 3.05) is 14.2 Å². The Morgan fingerprint density at radius 3 is 2.22 bits per heavy atom. The lowest BCUT2D eigenvalue weighted by atomic mass is 10.3. The number of hydrogen-bond donors (Lipinski definition) is 0. The molecule has 4 nitrogen and oxygen atoms in total. The molecule has 0 radical (unpaired) electrons. The number of aromatic nitrogens is 1. The van der Waals surface area contributed by atoms with Crippen LogP contribution in [-0.2, 0) is 0 Å². The van der Waals surface area contributed by atoms with Crippen LogP contribution in [0.2, 0.25) is 0 Å². The molecule has 0 atom stereocenters. The lowest BCUT2D eigenvalue weighted by molar-refractivity contribution is 0.345. The van der Waals surface area contributed by atoms with Gasteiger partial charge in [0.1, 0.15) is 5.75 Å². The van der Waals surface area contributed by atoms with Crippen LogP contribution in [0.1, 0.15) is 0 Å². The summed E-state index contributed by atoms with van der Waals surface area (Å²) < 4.78 is 17.1. The van der Waals surface area contributed by atoms with E-state index < -0.39 is 0 Å². The number of ether oxygens (including phenoxy) is 3. The van der Waals surface area contributed by atoms with Crippen molar-refractivity contribution in [3.63, 3.8) is 0 Å². The van der Waals surface area contributed by atoms with E-state index in [1.54, 1.807) is 32.7 Å². The van der Waals surface area contributed by atoms with Crippen molar-refractivity contribution in [3.8, 4) is 23.0 Å². The Bertz CT molecular complexity index is 523. The summed E-state index contributed by atoms with van der Waals surface area (Å²) in [6, 6.07) is 7.22. The molecule has 2 aromatic rings. The first kappa shape index (κ1) is 12.7. The van der Waals surface area contributed by atoms with Gasteiger partial charge in [-0.3, -0.25) is 4.98 Å². The molecule has 2 rings (SSSR count). The summed E-state index contributed by atoms with van der Waals surface area (Å²) in [4.78, 5) is 3.98. The second-order valence-corrected chi connectivity index (χ2v) is 4.25. The van der Waals surface area contributed by atoms with Gasteiger partial charge in [-0.1, -0.05) is 6.07 Å². The van der Waals surface area contributed by atoms with Gasteiger partial charge in [0, 0.05) is 18.5 Å². The highest BCUT2D eigenvalue weighted by atomic mass is 79.9. The summed E-state index contributed by atoms with van der Waals surface area (Å²) in [7, 11) is 3.17. The first-order valence-electron chi connectivity index (χ1n) is 5.24.